The first-order valence-corrected chi connectivity index (χ1v) is 4.19. The van der Waals surface area contributed by atoms with Crippen molar-refractivity contribution in [2.45, 2.75) is 13.0 Å². The zero-order valence-electron chi connectivity index (χ0n) is 8.14. The van der Waals surface area contributed by atoms with Crippen molar-refractivity contribution in [2.75, 3.05) is 7.05 Å². The normalized spacial score (nSPS) is 11.5. The number of aromatic nitrogens is 1. The molecule has 0 aliphatic rings. The van der Waals surface area contributed by atoms with E-state index in [9.17, 15) is 4.79 Å². The lowest BCUT2D eigenvalue weighted by atomic mass is 10.1. The Morgan fingerprint density at radius 3 is 2.86 bits per heavy atom. The second-order valence-electron chi connectivity index (χ2n) is 2.95. The van der Waals surface area contributed by atoms with Gasteiger partial charge in [0.15, 0.2) is 0 Å². The molecule has 1 heterocycles. The Bertz CT molecular complexity index is 355. The van der Waals surface area contributed by atoms with Gasteiger partial charge in [-0.3, -0.25) is 9.78 Å². The maximum atomic E-state index is 11.1. The van der Waals surface area contributed by atoms with Crippen molar-refractivity contribution in [3.8, 4) is 6.07 Å². The van der Waals surface area contributed by atoms with Gasteiger partial charge in [0.25, 0.3) is 0 Å². The van der Waals surface area contributed by atoms with Gasteiger partial charge in [-0.05, 0) is 6.07 Å². The minimum Gasteiger partial charge on any atom is -0.326 e. The van der Waals surface area contributed by atoms with Crippen LogP contribution in [0.15, 0.2) is 24.5 Å². The van der Waals surface area contributed by atoms with Crippen LogP contribution in [0.5, 0.6) is 0 Å². The number of rotatable bonds is 2. The van der Waals surface area contributed by atoms with Gasteiger partial charge in [0.05, 0.1) is 6.07 Å². The number of carbonyl (C=O) groups excluding carboxylic acids is 1. The Kier molecular flexibility index (Phi) is 3.19. The molecular weight excluding hydrogens is 178 g/mol. The van der Waals surface area contributed by atoms with Crippen LogP contribution < -0.4 is 0 Å². The molecule has 1 aromatic heterocycles. The van der Waals surface area contributed by atoms with E-state index in [1.807, 2.05) is 0 Å². The molecular formula is C10H11N3O. The van der Waals surface area contributed by atoms with Crippen molar-refractivity contribution >= 4 is 5.91 Å². The highest BCUT2D eigenvalue weighted by Gasteiger charge is 2.18. The van der Waals surface area contributed by atoms with Crippen molar-refractivity contribution in [1.29, 1.82) is 5.26 Å². The van der Waals surface area contributed by atoms with E-state index in [0.717, 1.165) is 5.56 Å². The number of carbonyl (C=O) groups is 1. The summed E-state index contributed by atoms with van der Waals surface area (Å²) in [4.78, 5) is 16.4. The predicted octanol–water partition coefficient (Wildman–Crippen LogP) is 1.12. The molecule has 0 saturated heterocycles. The molecule has 0 aromatic carbocycles. The van der Waals surface area contributed by atoms with Gasteiger partial charge in [0, 0.05) is 31.9 Å². The molecule has 0 saturated carbocycles. The van der Waals surface area contributed by atoms with Crippen molar-refractivity contribution in [1.82, 2.24) is 9.88 Å². The molecule has 0 aliphatic heterocycles. The molecule has 1 aromatic rings. The molecule has 0 spiro atoms. The van der Waals surface area contributed by atoms with Crippen LogP contribution in [0.3, 0.4) is 0 Å². The van der Waals surface area contributed by atoms with Crippen LogP contribution >= 0.6 is 0 Å². The number of amides is 1. The smallest absolute Gasteiger partial charge is 0.220 e. The first-order valence-electron chi connectivity index (χ1n) is 4.19. The molecule has 72 valence electrons. The van der Waals surface area contributed by atoms with Crippen molar-refractivity contribution < 1.29 is 4.79 Å². The minimum absolute atomic E-state index is 0.139. The summed E-state index contributed by atoms with van der Waals surface area (Å²) in [5.74, 6) is -0.139. The van der Waals surface area contributed by atoms with Gasteiger partial charge in [-0.25, -0.2) is 0 Å². The molecule has 4 heteroatoms. The zero-order chi connectivity index (χ0) is 10.6. The Morgan fingerprint density at radius 1 is 1.71 bits per heavy atom. The summed E-state index contributed by atoms with van der Waals surface area (Å²) in [6.45, 7) is 1.43. The van der Waals surface area contributed by atoms with Gasteiger partial charge in [-0.2, -0.15) is 5.26 Å². The van der Waals surface area contributed by atoms with Crippen LogP contribution in [0, 0.1) is 11.3 Å². The monoisotopic (exact) mass is 189 g/mol. The zero-order valence-corrected chi connectivity index (χ0v) is 8.14. The van der Waals surface area contributed by atoms with Crippen LogP contribution in [0.2, 0.25) is 0 Å². The number of nitrogens with zero attached hydrogens (tertiary/aromatic N) is 3. The fourth-order valence-corrected chi connectivity index (χ4v) is 1.10. The molecule has 0 N–H and O–H groups in total. The summed E-state index contributed by atoms with van der Waals surface area (Å²) in [6.07, 6.45) is 3.22. The summed E-state index contributed by atoms with van der Waals surface area (Å²) in [7, 11) is 1.60. The Labute approximate surface area is 82.8 Å². The van der Waals surface area contributed by atoms with Crippen molar-refractivity contribution in [3.63, 3.8) is 0 Å². The van der Waals surface area contributed by atoms with E-state index in [1.54, 1.807) is 31.6 Å². The van der Waals surface area contributed by atoms with Gasteiger partial charge >= 0.3 is 0 Å². The summed E-state index contributed by atoms with van der Waals surface area (Å²) < 4.78 is 0. The number of pyridine rings is 1. The van der Waals surface area contributed by atoms with E-state index >= 15 is 0 Å². The third-order valence-electron chi connectivity index (χ3n) is 2.01. The number of hydrogen-bond acceptors (Lipinski definition) is 3. The van der Waals surface area contributed by atoms with E-state index < -0.39 is 6.04 Å². The minimum atomic E-state index is -0.554. The molecule has 0 fully saturated rings. The highest BCUT2D eigenvalue weighted by Crippen LogP contribution is 2.16. The van der Waals surface area contributed by atoms with Crippen LogP contribution in [0.1, 0.15) is 18.5 Å². The average Bonchev–Trinajstić information content (AvgIpc) is 2.20. The maximum Gasteiger partial charge on any atom is 0.220 e. The second kappa shape index (κ2) is 4.38. The van der Waals surface area contributed by atoms with E-state index in [4.69, 9.17) is 5.26 Å². The predicted molar refractivity (Wildman–Crippen MR) is 51.0 cm³/mol. The van der Waals surface area contributed by atoms with Crippen LogP contribution in [-0.4, -0.2) is 22.8 Å². The highest BCUT2D eigenvalue weighted by molar-refractivity contribution is 5.73. The molecule has 1 unspecified atom stereocenters. The second-order valence-corrected chi connectivity index (χ2v) is 2.95. The molecule has 1 amide bonds. The van der Waals surface area contributed by atoms with Gasteiger partial charge in [-0.1, -0.05) is 6.07 Å². The van der Waals surface area contributed by atoms with Gasteiger partial charge in [0.1, 0.15) is 6.04 Å². The Balaban J connectivity index is 2.95. The topological polar surface area (TPSA) is 57.0 Å². The van der Waals surface area contributed by atoms with E-state index in [-0.39, 0.29) is 5.91 Å². The molecule has 0 bridgehead atoms. The van der Waals surface area contributed by atoms with Gasteiger partial charge in [-0.15, -0.1) is 0 Å². The number of hydrogen-bond donors (Lipinski definition) is 0. The third-order valence-corrected chi connectivity index (χ3v) is 2.01. The lowest BCUT2D eigenvalue weighted by Gasteiger charge is -2.20. The first kappa shape index (κ1) is 10.2. The first-order chi connectivity index (χ1) is 6.66. The van der Waals surface area contributed by atoms with Crippen molar-refractivity contribution in [3.05, 3.63) is 30.1 Å². The summed E-state index contributed by atoms with van der Waals surface area (Å²) in [5.41, 5.74) is 0.729. The number of nitriles is 1. The van der Waals surface area contributed by atoms with Crippen LogP contribution in [0.4, 0.5) is 0 Å². The van der Waals surface area contributed by atoms with Crippen LogP contribution in [0.25, 0.3) is 0 Å². The standard InChI is InChI=1S/C10H11N3O/c1-8(14)13(2)10(6-11)9-4-3-5-12-7-9/h3-5,7,10H,1-2H3. The lowest BCUT2D eigenvalue weighted by molar-refractivity contribution is -0.128. The molecule has 14 heavy (non-hydrogen) atoms. The van der Waals surface area contributed by atoms with Gasteiger partial charge < -0.3 is 4.90 Å². The molecule has 1 rings (SSSR count). The Hall–Kier alpha value is -1.89. The summed E-state index contributed by atoms with van der Waals surface area (Å²) in [6, 6.07) is 5.03. The largest absolute Gasteiger partial charge is 0.326 e. The third kappa shape index (κ3) is 2.07. The molecule has 1 atom stereocenters. The van der Waals surface area contributed by atoms with E-state index in [0.29, 0.717) is 0 Å². The van der Waals surface area contributed by atoms with E-state index in [2.05, 4.69) is 11.1 Å². The molecule has 4 nitrogen and oxygen atoms in total. The van der Waals surface area contributed by atoms with Crippen LogP contribution in [-0.2, 0) is 4.79 Å². The lowest BCUT2D eigenvalue weighted by Crippen LogP contribution is -2.28. The van der Waals surface area contributed by atoms with Crippen molar-refractivity contribution in [2.24, 2.45) is 0 Å². The molecule has 0 radical (unpaired) electrons. The quantitative estimate of drug-likeness (QED) is 0.700. The van der Waals surface area contributed by atoms with Gasteiger partial charge in [0.2, 0.25) is 5.91 Å². The fraction of sp³-hybridized carbons (Fsp3) is 0.300. The SMILES string of the molecule is CC(=O)N(C)C(C#N)c1cccnc1. The highest BCUT2D eigenvalue weighted by atomic mass is 16.2. The fourth-order valence-electron chi connectivity index (χ4n) is 1.10. The average molecular weight is 189 g/mol. The summed E-state index contributed by atoms with van der Waals surface area (Å²) in [5, 5.41) is 8.93. The maximum absolute atomic E-state index is 11.1. The molecule has 0 aliphatic carbocycles. The summed E-state index contributed by atoms with van der Waals surface area (Å²) >= 11 is 0. The Morgan fingerprint density at radius 2 is 2.43 bits per heavy atom. The van der Waals surface area contributed by atoms with E-state index in [1.165, 1.54) is 11.8 Å².